The molecule has 4 nitrogen and oxygen atoms in total. The van der Waals surface area contributed by atoms with Crippen LogP contribution in [0.2, 0.25) is 0 Å². The van der Waals surface area contributed by atoms with Gasteiger partial charge < -0.3 is 0 Å². The molecular weight excluding hydrogens is 315 g/mol. The molecule has 0 heterocycles. The van der Waals surface area contributed by atoms with E-state index in [4.69, 9.17) is 0 Å². The highest BCUT2D eigenvalue weighted by atomic mass is 79.9. The van der Waals surface area contributed by atoms with Crippen molar-refractivity contribution in [1.29, 1.82) is 0 Å². The summed E-state index contributed by atoms with van der Waals surface area (Å²) in [6.07, 6.45) is 0.588. The lowest BCUT2D eigenvalue weighted by molar-refractivity contribution is 0.0990. The predicted molar refractivity (Wildman–Crippen MR) is 60.9 cm³/mol. The molecule has 0 saturated heterocycles. The van der Waals surface area contributed by atoms with Crippen LogP contribution in [0.1, 0.15) is 22.3 Å². The number of fused-ring (bicyclic) bond motifs is 1. The summed E-state index contributed by atoms with van der Waals surface area (Å²) in [5.74, 6) is -1.36. The van der Waals surface area contributed by atoms with Gasteiger partial charge in [-0.05, 0) is 18.1 Å². The van der Waals surface area contributed by atoms with Crippen LogP contribution in [-0.4, -0.2) is 21.3 Å². The van der Waals surface area contributed by atoms with Gasteiger partial charge in [-0.25, -0.2) is 4.39 Å². The van der Waals surface area contributed by atoms with Crippen LogP contribution in [0.5, 0.6) is 0 Å². The molecule has 0 N–H and O–H groups in total. The predicted octanol–water partition coefficient (Wildman–Crippen LogP) is 2.05. The van der Waals surface area contributed by atoms with E-state index in [2.05, 4.69) is 20.1 Å². The highest BCUT2D eigenvalue weighted by Gasteiger charge is 2.34. The summed E-state index contributed by atoms with van der Waals surface area (Å²) in [6.45, 7) is 0. The van der Waals surface area contributed by atoms with Crippen molar-refractivity contribution in [3.63, 3.8) is 0 Å². The monoisotopic (exact) mass is 322 g/mol. The van der Waals surface area contributed by atoms with Crippen LogP contribution in [0, 0.1) is 5.82 Å². The largest absolute Gasteiger partial charge is 0.300 e. The van der Waals surface area contributed by atoms with E-state index in [0.717, 1.165) is 13.2 Å². The molecule has 1 aromatic carbocycles. The first kappa shape index (κ1) is 12.7. The second-order valence-corrected chi connectivity index (χ2v) is 6.07. The zero-order valence-electron chi connectivity index (χ0n) is 8.79. The fraction of sp³-hybridized carbons (Fsp3) is 0.300. The van der Waals surface area contributed by atoms with Crippen molar-refractivity contribution in [2.75, 3.05) is 7.11 Å². The molecule has 0 aliphatic heterocycles. The molecular formula is C10H8BrFO4S. The summed E-state index contributed by atoms with van der Waals surface area (Å²) >= 11 is 3.12. The normalized spacial score (nSPS) is 15.1. The highest BCUT2D eigenvalue weighted by Crippen LogP contribution is 2.36. The topological polar surface area (TPSA) is 60.4 Å². The molecule has 17 heavy (non-hydrogen) atoms. The summed E-state index contributed by atoms with van der Waals surface area (Å²) in [6, 6.07) is 1.04. The molecule has 1 aliphatic rings. The fourth-order valence-corrected chi connectivity index (χ4v) is 3.42. The minimum absolute atomic E-state index is 0.0845. The van der Waals surface area contributed by atoms with Gasteiger partial charge in [-0.2, -0.15) is 8.42 Å². The standard InChI is InChI=1S/C10H8BrFO4S/c1-16-17(14,15)10-7(12)4-6(11)5-2-3-8(13)9(5)10/h4H,2-3H2,1H3. The van der Waals surface area contributed by atoms with Crippen molar-refractivity contribution in [2.24, 2.45) is 0 Å². The second kappa shape index (κ2) is 4.15. The number of benzene rings is 1. The lowest BCUT2D eigenvalue weighted by Gasteiger charge is -2.09. The minimum Gasteiger partial charge on any atom is -0.294 e. The molecule has 0 fully saturated rings. The van der Waals surface area contributed by atoms with Crippen molar-refractivity contribution in [3.05, 3.63) is 27.5 Å². The Morgan fingerprint density at radius 2 is 2.06 bits per heavy atom. The molecule has 92 valence electrons. The number of hydrogen-bond donors (Lipinski definition) is 0. The number of carbonyl (C=O) groups is 1. The lowest BCUT2D eigenvalue weighted by atomic mass is 10.1. The molecule has 0 radical (unpaired) electrons. The van der Waals surface area contributed by atoms with Gasteiger partial charge >= 0.3 is 0 Å². The summed E-state index contributed by atoms with van der Waals surface area (Å²) in [4.78, 5) is 11.0. The van der Waals surface area contributed by atoms with E-state index < -0.39 is 20.8 Å². The Labute approximate surface area is 106 Å². The van der Waals surface area contributed by atoms with E-state index in [1.165, 1.54) is 0 Å². The van der Waals surface area contributed by atoms with Gasteiger partial charge in [0.25, 0.3) is 10.1 Å². The van der Waals surface area contributed by atoms with Gasteiger partial charge in [0, 0.05) is 16.5 Å². The van der Waals surface area contributed by atoms with Gasteiger partial charge in [0.2, 0.25) is 0 Å². The van der Waals surface area contributed by atoms with Crippen LogP contribution in [0.25, 0.3) is 0 Å². The fourth-order valence-electron chi connectivity index (χ4n) is 1.87. The van der Waals surface area contributed by atoms with E-state index >= 15 is 0 Å². The number of hydrogen-bond acceptors (Lipinski definition) is 4. The quantitative estimate of drug-likeness (QED) is 0.782. The number of rotatable bonds is 2. The number of ketones is 1. The number of halogens is 2. The molecule has 0 aromatic heterocycles. The van der Waals surface area contributed by atoms with Gasteiger partial charge in [-0.15, -0.1) is 0 Å². The Kier molecular flexibility index (Phi) is 3.09. The Hall–Kier alpha value is -0.790. The third kappa shape index (κ3) is 1.92. The average Bonchev–Trinajstić information content (AvgIpc) is 2.61. The van der Waals surface area contributed by atoms with E-state index in [9.17, 15) is 17.6 Å². The van der Waals surface area contributed by atoms with Crippen molar-refractivity contribution in [3.8, 4) is 0 Å². The van der Waals surface area contributed by atoms with Crippen LogP contribution in [0.3, 0.4) is 0 Å². The first-order valence-corrected chi connectivity index (χ1v) is 6.93. The van der Waals surface area contributed by atoms with Crippen molar-refractivity contribution in [1.82, 2.24) is 0 Å². The van der Waals surface area contributed by atoms with Gasteiger partial charge in [-0.3, -0.25) is 8.98 Å². The Bertz CT molecular complexity index is 609. The Morgan fingerprint density at radius 1 is 1.41 bits per heavy atom. The minimum atomic E-state index is -4.22. The maximum Gasteiger partial charge on any atom is 0.300 e. The zero-order chi connectivity index (χ0) is 12.8. The van der Waals surface area contributed by atoms with E-state index in [1.807, 2.05) is 0 Å². The Balaban J connectivity index is 2.86. The van der Waals surface area contributed by atoms with Crippen LogP contribution in [0.15, 0.2) is 15.4 Å². The maximum atomic E-state index is 13.7. The van der Waals surface area contributed by atoms with Crippen LogP contribution >= 0.6 is 15.9 Å². The smallest absolute Gasteiger partial charge is 0.294 e. The molecule has 0 bridgehead atoms. The van der Waals surface area contributed by atoms with Crippen LogP contribution in [-0.2, 0) is 20.7 Å². The molecule has 0 atom stereocenters. The Morgan fingerprint density at radius 3 is 2.65 bits per heavy atom. The average molecular weight is 323 g/mol. The molecule has 7 heteroatoms. The summed E-state index contributed by atoms with van der Waals surface area (Å²) in [7, 11) is -3.29. The summed E-state index contributed by atoms with van der Waals surface area (Å²) in [5, 5.41) is 0. The van der Waals surface area contributed by atoms with E-state index in [-0.39, 0.29) is 17.8 Å². The molecule has 0 saturated carbocycles. The molecule has 2 rings (SSSR count). The SMILES string of the molecule is COS(=O)(=O)c1c(F)cc(Br)c2c1C(=O)CC2. The van der Waals surface area contributed by atoms with Gasteiger partial charge in [-0.1, -0.05) is 15.9 Å². The zero-order valence-corrected chi connectivity index (χ0v) is 11.2. The summed E-state index contributed by atoms with van der Waals surface area (Å²) in [5.41, 5.74) is 0.436. The first-order valence-electron chi connectivity index (χ1n) is 4.73. The number of carbonyl (C=O) groups excluding carboxylic acids is 1. The molecule has 0 spiro atoms. The third-order valence-corrected chi connectivity index (χ3v) is 4.68. The highest BCUT2D eigenvalue weighted by molar-refractivity contribution is 9.10. The van der Waals surface area contributed by atoms with Crippen molar-refractivity contribution < 1.29 is 21.8 Å². The van der Waals surface area contributed by atoms with Gasteiger partial charge in [0.05, 0.1) is 7.11 Å². The van der Waals surface area contributed by atoms with E-state index in [0.29, 0.717) is 16.5 Å². The van der Waals surface area contributed by atoms with Crippen molar-refractivity contribution in [2.45, 2.75) is 17.7 Å². The maximum absolute atomic E-state index is 13.7. The molecule has 1 aromatic rings. The molecule has 1 aliphatic carbocycles. The van der Waals surface area contributed by atoms with Crippen LogP contribution < -0.4 is 0 Å². The lowest BCUT2D eigenvalue weighted by Crippen LogP contribution is -2.12. The first-order chi connectivity index (χ1) is 7.88. The second-order valence-electron chi connectivity index (χ2n) is 3.57. The van der Waals surface area contributed by atoms with Gasteiger partial charge in [0.1, 0.15) is 10.7 Å². The summed E-state index contributed by atoms with van der Waals surface area (Å²) < 4.78 is 41.6. The van der Waals surface area contributed by atoms with E-state index in [1.54, 1.807) is 0 Å². The molecule has 0 unspecified atom stereocenters. The number of Topliss-reactive ketones (excluding diaryl/α,β-unsaturated/α-hetero) is 1. The van der Waals surface area contributed by atoms with Crippen molar-refractivity contribution >= 4 is 31.8 Å². The third-order valence-electron chi connectivity index (χ3n) is 2.64. The van der Waals surface area contributed by atoms with Crippen LogP contribution in [0.4, 0.5) is 4.39 Å². The van der Waals surface area contributed by atoms with Gasteiger partial charge in [0.15, 0.2) is 5.78 Å². The molecule has 0 amide bonds.